The highest BCUT2D eigenvalue weighted by Crippen LogP contribution is 2.38. The second-order valence-corrected chi connectivity index (χ2v) is 10.8. The van der Waals surface area contributed by atoms with Crippen molar-refractivity contribution in [1.82, 2.24) is 4.98 Å². The van der Waals surface area contributed by atoms with Crippen molar-refractivity contribution in [1.29, 1.82) is 0 Å². The van der Waals surface area contributed by atoms with Gasteiger partial charge in [0.2, 0.25) is 5.88 Å². The molecule has 0 fully saturated rings. The van der Waals surface area contributed by atoms with E-state index in [1.165, 1.54) is 49.7 Å². The van der Waals surface area contributed by atoms with Crippen LogP contribution in [0.15, 0.2) is 59.6 Å². The second-order valence-electron chi connectivity index (χ2n) is 8.73. The summed E-state index contributed by atoms with van der Waals surface area (Å²) in [5, 5.41) is 0.0369. The van der Waals surface area contributed by atoms with Crippen molar-refractivity contribution < 1.29 is 22.7 Å². The molecule has 4 rings (SSSR count). The van der Waals surface area contributed by atoms with Gasteiger partial charge in [-0.25, -0.2) is 18.3 Å². The van der Waals surface area contributed by atoms with E-state index in [-0.39, 0.29) is 37.8 Å². The van der Waals surface area contributed by atoms with Gasteiger partial charge in [-0.3, -0.25) is 14.3 Å². The molecule has 1 aliphatic heterocycles. The van der Waals surface area contributed by atoms with E-state index < -0.39 is 21.8 Å². The summed E-state index contributed by atoms with van der Waals surface area (Å²) in [6.07, 6.45) is 1.31. The lowest BCUT2D eigenvalue weighted by Gasteiger charge is -2.19. The van der Waals surface area contributed by atoms with Gasteiger partial charge >= 0.3 is 0 Å². The number of halogens is 1. The molecular formula is C24H22ClN3O5S. The zero-order valence-electron chi connectivity index (χ0n) is 18.9. The molecule has 0 aliphatic carbocycles. The quantitative estimate of drug-likeness (QED) is 0.512. The van der Waals surface area contributed by atoms with Crippen LogP contribution in [0, 0.1) is 0 Å². The average molecular weight is 500 g/mol. The zero-order chi connectivity index (χ0) is 24.8. The first-order valence-corrected chi connectivity index (χ1v) is 12.1. The molecule has 10 heteroatoms. The number of aromatic nitrogens is 1. The lowest BCUT2D eigenvalue weighted by molar-refractivity contribution is 0.0926. The Morgan fingerprint density at radius 3 is 2.15 bits per heavy atom. The van der Waals surface area contributed by atoms with Crippen LogP contribution in [0.25, 0.3) is 0 Å². The summed E-state index contributed by atoms with van der Waals surface area (Å²) in [6.45, 7) is 6.08. The van der Waals surface area contributed by atoms with Crippen molar-refractivity contribution in [3.63, 3.8) is 0 Å². The van der Waals surface area contributed by atoms with Gasteiger partial charge in [0.1, 0.15) is 0 Å². The summed E-state index contributed by atoms with van der Waals surface area (Å²) >= 11 is 6.24. The number of carbonyl (C=O) groups excluding carboxylic acids is 2. The largest absolute Gasteiger partial charge is 0.481 e. The molecule has 3 aromatic rings. The molecule has 0 saturated heterocycles. The van der Waals surface area contributed by atoms with Gasteiger partial charge in [0, 0.05) is 6.07 Å². The van der Waals surface area contributed by atoms with Gasteiger partial charge in [-0.05, 0) is 41.3 Å². The highest BCUT2D eigenvalue weighted by molar-refractivity contribution is 7.92. The Hall–Kier alpha value is -3.43. The highest BCUT2D eigenvalue weighted by Gasteiger charge is 2.41. The number of hydrogen-bond acceptors (Lipinski definition) is 6. The topological polar surface area (TPSA) is 106 Å². The number of nitrogens with zero attached hydrogens (tertiary/aromatic N) is 2. The molecule has 0 saturated carbocycles. The van der Waals surface area contributed by atoms with Crippen LogP contribution < -0.4 is 14.4 Å². The monoisotopic (exact) mass is 499 g/mol. The maximum atomic E-state index is 13.3. The third-order valence-electron chi connectivity index (χ3n) is 5.45. The van der Waals surface area contributed by atoms with E-state index >= 15 is 0 Å². The molecule has 0 atom stereocenters. The Morgan fingerprint density at radius 2 is 1.59 bits per heavy atom. The second kappa shape index (κ2) is 8.41. The van der Waals surface area contributed by atoms with E-state index in [0.29, 0.717) is 5.88 Å². The maximum absolute atomic E-state index is 13.3. The standard InChI is InChI=1S/C24H22ClN3O5S/c1-24(2,3)14-5-8-16(9-6-14)34(31,32)27-18-11-10-17(25)20-21(18)23(30)28(22(20)29)15-7-12-19(33-4)26-13-15/h5-13,27H,1-4H3. The molecule has 176 valence electrons. The molecule has 2 heterocycles. The van der Waals surface area contributed by atoms with Crippen molar-refractivity contribution in [2.24, 2.45) is 0 Å². The minimum Gasteiger partial charge on any atom is -0.481 e. The summed E-state index contributed by atoms with van der Waals surface area (Å²) in [4.78, 5) is 31.3. The third-order valence-corrected chi connectivity index (χ3v) is 7.15. The van der Waals surface area contributed by atoms with Gasteiger partial charge in [-0.2, -0.15) is 0 Å². The predicted octanol–water partition coefficient (Wildman–Crippen LogP) is 4.64. The zero-order valence-corrected chi connectivity index (χ0v) is 20.5. The SMILES string of the molecule is COc1ccc(N2C(=O)c3c(Cl)ccc(NS(=O)(=O)c4ccc(C(C)(C)C)cc4)c3C2=O)cn1. The fraction of sp³-hybridized carbons (Fsp3) is 0.208. The normalized spacial score (nSPS) is 13.7. The van der Waals surface area contributed by atoms with E-state index in [9.17, 15) is 18.0 Å². The van der Waals surface area contributed by atoms with Gasteiger partial charge in [-0.15, -0.1) is 0 Å². The van der Waals surface area contributed by atoms with Crippen molar-refractivity contribution in [3.8, 4) is 5.88 Å². The number of rotatable bonds is 5. The Bertz CT molecular complexity index is 1400. The lowest BCUT2D eigenvalue weighted by Crippen LogP contribution is -2.29. The first kappa shape index (κ1) is 23.7. The lowest BCUT2D eigenvalue weighted by atomic mass is 9.87. The van der Waals surface area contributed by atoms with Gasteiger partial charge in [0.15, 0.2) is 0 Å². The van der Waals surface area contributed by atoms with Crippen LogP contribution in [0.3, 0.4) is 0 Å². The molecule has 34 heavy (non-hydrogen) atoms. The molecule has 0 spiro atoms. The van der Waals surface area contributed by atoms with Gasteiger partial charge in [0.05, 0.1) is 45.7 Å². The number of sulfonamides is 1. The molecule has 1 N–H and O–H groups in total. The summed E-state index contributed by atoms with van der Waals surface area (Å²) < 4.78 is 33.6. The number of anilines is 2. The molecule has 0 radical (unpaired) electrons. The Morgan fingerprint density at radius 1 is 0.941 bits per heavy atom. The average Bonchev–Trinajstić information content (AvgIpc) is 3.06. The van der Waals surface area contributed by atoms with Crippen molar-refractivity contribution >= 4 is 44.8 Å². The smallest absolute Gasteiger partial charge is 0.268 e. The number of imide groups is 1. The van der Waals surface area contributed by atoms with Gasteiger partial charge in [-0.1, -0.05) is 44.5 Å². The number of benzene rings is 2. The van der Waals surface area contributed by atoms with Crippen molar-refractivity contribution in [3.05, 3.63) is 76.4 Å². The molecule has 0 unspecified atom stereocenters. The number of nitrogens with one attached hydrogen (secondary N) is 1. The van der Waals surface area contributed by atoms with Gasteiger partial charge < -0.3 is 4.74 Å². The number of hydrogen-bond donors (Lipinski definition) is 1. The predicted molar refractivity (Wildman–Crippen MR) is 129 cm³/mol. The van der Waals surface area contributed by atoms with Crippen LogP contribution in [0.4, 0.5) is 11.4 Å². The van der Waals surface area contributed by atoms with E-state index in [0.717, 1.165) is 10.5 Å². The van der Waals surface area contributed by atoms with Crippen LogP contribution in [-0.4, -0.2) is 32.3 Å². The fourth-order valence-corrected chi connectivity index (χ4v) is 4.92. The first-order valence-electron chi connectivity index (χ1n) is 10.3. The van der Waals surface area contributed by atoms with Crippen molar-refractivity contribution in [2.45, 2.75) is 31.1 Å². The van der Waals surface area contributed by atoms with E-state index in [2.05, 4.69) is 9.71 Å². The summed E-state index contributed by atoms with van der Waals surface area (Å²) in [5.41, 5.74) is 0.799. The van der Waals surface area contributed by atoms with E-state index in [1.54, 1.807) is 12.1 Å². The van der Waals surface area contributed by atoms with Crippen molar-refractivity contribution in [2.75, 3.05) is 16.7 Å². The van der Waals surface area contributed by atoms with Gasteiger partial charge in [0.25, 0.3) is 21.8 Å². The number of amides is 2. The number of methoxy groups -OCH3 is 1. The third kappa shape index (κ3) is 4.12. The molecule has 2 aromatic carbocycles. The van der Waals surface area contributed by atoms with Crippen LogP contribution in [-0.2, 0) is 15.4 Å². The van der Waals surface area contributed by atoms with Crippen LogP contribution in [0.1, 0.15) is 47.1 Å². The van der Waals surface area contributed by atoms with Crippen LogP contribution >= 0.6 is 11.6 Å². The van der Waals surface area contributed by atoms with Crippen LogP contribution in [0.5, 0.6) is 5.88 Å². The Kier molecular flexibility index (Phi) is 5.87. The minimum absolute atomic E-state index is 0.0252. The molecule has 0 bridgehead atoms. The molecule has 1 aromatic heterocycles. The maximum Gasteiger partial charge on any atom is 0.268 e. The highest BCUT2D eigenvalue weighted by atomic mass is 35.5. The van der Waals surface area contributed by atoms with E-state index in [1.807, 2.05) is 20.8 Å². The summed E-state index contributed by atoms with van der Waals surface area (Å²) in [5.74, 6) is -1.08. The molecule has 8 nitrogen and oxygen atoms in total. The molecule has 1 aliphatic rings. The van der Waals surface area contributed by atoms with Crippen LogP contribution in [0.2, 0.25) is 5.02 Å². The fourth-order valence-electron chi connectivity index (χ4n) is 3.61. The number of fused-ring (bicyclic) bond motifs is 1. The summed E-state index contributed by atoms with van der Waals surface area (Å²) in [7, 11) is -2.60. The number of carbonyl (C=O) groups is 2. The molecule has 2 amide bonds. The Balaban J connectivity index is 1.72. The number of ether oxygens (including phenoxy) is 1. The minimum atomic E-state index is -4.05. The number of pyridine rings is 1. The molecular weight excluding hydrogens is 478 g/mol. The Labute approximate surface area is 202 Å². The first-order chi connectivity index (χ1) is 15.9. The summed E-state index contributed by atoms with van der Waals surface area (Å²) in [6, 6.07) is 12.2. The van der Waals surface area contributed by atoms with E-state index in [4.69, 9.17) is 16.3 Å².